The standard InChI is InChI=1S/C15H21NO2/c1-11-10-16(3)12(2)9-14(11)18-15(17)13-7-5-4-6-8-13/h4-8,11-12,14H,9-10H2,1-3H3/p+1/t11-,12-,14-/m1/s1. The minimum atomic E-state index is -0.195. The van der Waals surface area contributed by atoms with Gasteiger partial charge in [-0.15, -0.1) is 0 Å². The summed E-state index contributed by atoms with van der Waals surface area (Å²) in [5.74, 6) is 0.230. The molecule has 0 saturated carbocycles. The first-order chi connectivity index (χ1) is 8.58. The quantitative estimate of drug-likeness (QED) is 0.796. The van der Waals surface area contributed by atoms with Crippen LogP contribution in [0.3, 0.4) is 0 Å². The zero-order valence-corrected chi connectivity index (χ0v) is 11.3. The van der Waals surface area contributed by atoms with Gasteiger partial charge in [-0.1, -0.05) is 25.1 Å². The van der Waals surface area contributed by atoms with Crippen molar-refractivity contribution in [1.82, 2.24) is 0 Å². The first kappa shape index (κ1) is 13.1. The first-order valence-corrected chi connectivity index (χ1v) is 6.66. The summed E-state index contributed by atoms with van der Waals surface area (Å²) in [6.07, 6.45) is 1.00. The number of nitrogens with one attached hydrogen (secondary N) is 1. The van der Waals surface area contributed by atoms with Crippen molar-refractivity contribution in [1.29, 1.82) is 0 Å². The summed E-state index contributed by atoms with van der Waals surface area (Å²) in [6, 6.07) is 9.78. The molecule has 4 atom stereocenters. The van der Waals surface area contributed by atoms with Crippen molar-refractivity contribution in [2.75, 3.05) is 13.6 Å². The van der Waals surface area contributed by atoms with Crippen LogP contribution in [0.1, 0.15) is 30.6 Å². The number of rotatable bonds is 2. The zero-order valence-electron chi connectivity index (χ0n) is 11.3. The van der Waals surface area contributed by atoms with Gasteiger partial charge in [0.1, 0.15) is 6.10 Å². The van der Waals surface area contributed by atoms with Crippen LogP contribution in [0, 0.1) is 5.92 Å². The van der Waals surface area contributed by atoms with Crippen LogP contribution in [0.2, 0.25) is 0 Å². The topological polar surface area (TPSA) is 30.7 Å². The monoisotopic (exact) mass is 248 g/mol. The molecular weight excluding hydrogens is 226 g/mol. The van der Waals surface area contributed by atoms with E-state index in [1.165, 1.54) is 4.90 Å². The number of carbonyl (C=O) groups excluding carboxylic acids is 1. The van der Waals surface area contributed by atoms with Gasteiger partial charge in [-0.25, -0.2) is 4.79 Å². The number of piperidine rings is 1. The van der Waals surface area contributed by atoms with Gasteiger partial charge in [0.2, 0.25) is 0 Å². The summed E-state index contributed by atoms with van der Waals surface area (Å²) >= 11 is 0. The summed E-state index contributed by atoms with van der Waals surface area (Å²) in [5, 5.41) is 0. The Morgan fingerprint density at radius 1 is 1.28 bits per heavy atom. The fourth-order valence-electron chi connectivity index (χ4n) is 2.57. The molecule has 1 aromatic carbocycles. The lowest BCUT2D eigenvalue weighted by molar-refractivity contribution is -0.914. The minimum Gasteiger partial charge on any atom is -0.458 e. The second-order valence-electron chi connectivity index (χ2n) is 5.47. The van der Waals surface area contributed by atoms with Gasteiger partial charge in [0.05, 0.1) is 25.2 Å². The summed E-state index contributed by atoms with van der Waals surface area (Å²) in [6.45, 7) is 5.44. The van der Waals surface area contributed by atoms with Gasteiger partial charge < -0.3 is 9.64 Å². The molecule has 3 heteroatoms. The van der Waals surface area contributed by atoms with E-state index < -0.39 is 0 Å². The van der Waals surface area contributed by atoms with Crippen molar-refractivity contribution >= 4 is 5.97 Å². The average molecular weight is 248 g/mol. The average Bonchev–Trinajstić information content (AvgIpc) is 2.37. The van der Waals surface area contributed by atoms with Crippen LogP contribution in [0.5, 0.6) is 0 Å². The van der Waals surface area contributed by atoms with Crippen LogP contribution in [-0.4, -0.2) is 31.7 Å². The molecule has 0 amide bonds. The van der Waals surface area contributed by atoms with Gasteiger partial charge in [-0.3, -0.25) is 0 Å². The van der Waals surface area contributed by atoms with Crippen LogP contribution >= 0.6 is 0 Å². The number of benzene rings is 1. The van der Waals surface area contributed by atoms with Crippen molar-refractivity contribution < 1.29 is 14.4 Å². The highest BCUT2D eigenvalue weighted by Crippen LogP contribution is 2.17. The van der Waals surface area contributed by atoms with Crippen molar-refractivity contribution in [2.24, 2.45) is 5.92 Å². The second-order valence-corrected chi connectivity index (χ2v) is 5.47. The summed E-state index contributed by atoms with van der Waals surface area (Å²) < 4.78 is 5.66. The number of esters is 1. The van der Waals surface area contributed by atoms with E-state index in [4.69, 9.17) is 4.74 Å². The lowest BCUT2D eigenvalue weighted by Gasteiger charge is -2.36. The largest absolute Gasteiger partial charge is 0.458 e. The molecular formula is C15H22NO2+. The van der Waals surface area contributed by atoms with Crippen molar-refractivity contribution in [3.8, 4) is 0 Å². The van der Waals surface area contributed by atoms with E-state index in [0.717, 1.165) is 13.0 Å². The molecule has 98 valence electrons. The molecule has 2 rings (SSSR count). The molecule has 0 bridgehead atoms. The Balaban J connectivity index is 1.99. The van der Waals surface area contributed by atoms with Crippen LogP contribution in [-0.2, 0) is 4.74 Å². The van der Waals surface area contributed by atoms with Gasteiger partial charge in [0, 0.05) is 12.3 Å². The van der Waals surface area contributed by atoms with Crippen LogP contribution in [0.25, 0.3) is 0 Å². The predicted octanol–water partition coefficient (Wildman–Crippen LogP) is 1.16. The van der Waals surface area contributed by atoms with E-state index in [2.05, 4.69) is 20.9 Å². The van der Waals surface area contributed by atoms with Crippen LogP contribution < -0.4 is 4.90 Å². The molecule has 1 aliphatic rings. The third kappa shape index (κ3) is 2.91. The van der Waals surface area contributed by atoms with Crippen LogP contribution in [0.15, 0.2) is 30.3 Å². The lowest BCUT2D eigenvalue weighted by atomic mass is 9.92. The first-order valence-electron chi connectivity index (χ1n) is 6.66. The molecule has 1 unspecified atom stereocenters. The fraction of sp³-hybridized carbons (Fsp3) is 0.533. The van der Waals surface area contributed by atoms with E-state index >= 15 is 0 Å². The van der Waals surface area contributed by atoms with E-state index in [1.807, 2.05) is 18.2 Å². The van der Waals surface area contributed by atoms with Gasteiger partial charge in [0.25, 0.3) is 0 Å². The Morgan fingerprint density at radius 2 is 1.94 bits per heavy atom. The number of carbonyl (C=O) groups is 1. The minimum absolute atomic E-state index is 0.0522. The Labute approximate surface area is 109 Å². The number of hydrogen-bond acceptors (Lipinski definition) is 2. The highest BCUT2D eigenvalue weighted by atomic mass is 16.5. The van der Waals surface area contributed by atoms with Crippen LogP contribution in [0.4, 0.5) is 0 Å². The molecule has 18 heavy (non-hydrogen) atoms. The SMILES string of the molecule is C[C@@H]1C[NH+](C)[C@H](C)C[C@H]1OC(=O)c1ccccc1. The van der Waals surface area contributed by atoms with E-state index in [-0.39, 0.29) is 12.1 Å². The highest BCUT2D eigenvalue weighted by Gasteiger charge is 2.34. The Morgan fingerprint density at radius 3 is 2.61 bits per heavy atom. The maximum Gasteiger partial charge on any atom is 0.338 e. The Hall–Kier alpha value is -1.35. The van der Waals surface area contributed by atoms with Gasteiger partial charge in [-0.05, 0) is 19.1 Å². The predicted molar refractivity (Wildman–Crippen MR) is 70.6 cm³/mol. The van der Waals surface area contributed by atoms with Crippen molar-refractivity contribution in [2.45, 2.75) is 32.4 Å². The molecule has 1 aromatic rings. The summed E-state index contributed by atoms with van der Waals surface area (Å²) in [4.78, 5) is 13.5. The molecule has 1 aliphatic heterocycles. The molecule has 1 fully saturated rings. The third-order valence-electron chi connectivity index (χ3n) is 3.97. The zero-order chi connectivity index (χ0) is 13.1. The van der Waals surface area contributed by atoms with E-state index in [9.17, 15) is 4.79 Å². The molecule has 0 spiro atoms. The number of likely N-dealkylation sites (tertiary alicyclic amines) is 1. The van der Waals surface area contributed by atoms with Crippen molar-refractivity contribution in [3.05, 3.63) is 35.9 Å². The highest BCUT2D eigenvalue weighted by molar-refractivity contribution is 5.89. The maximum atomic E-state index is 12.0. The molecule has 0 aromatic heterocycles. The van der Waals surface area contributed by atoms with E-state index in [0.29, 0.717) is 17.5 Å². The lowest BCUT2D eigenvalue weighted by Crippen LogP contribution is -3.14. The number of quaternary nitrogens is 1. The summed E-state index contributed by atoms with van der Waals surface area (Å²) in [7, 11) is 2.20. The Kier molecular flexibility index (Phi) is 4.02. The van der Waals surface area contributed by atoms with Gasteiger partial charge >= 0.3 is 5.97 Å². The van der Waals surface area contributed by atoms with Gasteiger partial charge in [-0.2, -0.15) is 0 Å². The van der Waals surface area contributed by atoms with Gasteiger partial charge in [0.15, 0.2) is 0 Å². The third-order valence-corrected chi connectivity index (χ3v) is 3.97. The van der Waals surface area contributed by atoms with E-state index in [1.54, 1.807) is 12.1 Å². The molecule has 0 aliphatic carbocycles. The smallest absolute Gasteiger partial charge is 0.338 e. The maximum absolute atomic E-state index is 12.0. The number of hydrogen-bond donors (Lipinski definition) is 1. The van der Waals surface area contributed by atoms with Crippen molar-refractivity contribution in [3.63, 3.8) is 0 Å². The second kappa shape index (κ2) is 5.53. The molecule has 3 nitrogen and oxygen atoms in total. The fourth-order valence-corrected chi connectivity index (χ4v) is 2.57. The molecule has 1 saturated heterocycles. The molecule has 0 radical (unpaired) electrons. The molecule has 1 N–H and O–H groups in total. The summed E-state index contributed by atoms with van der Waals surface area (Å²) in [5.41, 5.74) is 0.642. The normalized spacial score (nSPS) is 31.9. The molecule has 1 heterocycles. The Bertz CT molecular complexity index is 404. The number of ether oxygens (including phenoxy) is 1.